The van der Waals surface area contributed by atoms with E-state index in [0.717, 1.165) is 78.9 Å². The lowest BCUT2D eigenvalue weighted by molar-refractivity contribution is -0.142. The van der Waals surface area contributed by atoms with Crippen LogP contribution in [0.3, 0.4) is 0 Å². The Morgan fingerprint density at radius 1 is 0.756 bits per heavy atom. The van der Waals surface area contributed by atoms with Crippen LogP contribution in [-0.4, -0.2) is 51.8 Å². The Balaban J connectivity index is 1.84. The van der Waals surface area contributed by atoms with Gasteiger partial charge in [0, 0.05) is 0 Å². The van der Waals surface area contributed by atoms with Crippen LogP contribution in [0.2, 0.25) is 0 Å². The van der Waals surface area contributed by atoms with E-state index in [-0.39, 0.29) is 39.4 Å². The monoisotopic (exact) mass is 665 g/mol. The summed E-state index contributed by atoms with van der Waals surface area (Å²) in [5.41, 5.74) is -1.56. The Bertz CT molecular complexity index is 1830. The van der Waals surface area contributed by atoms with Crippen LogP contribution in [0.15, 0.2) is 88.7 Å². The first-order valence-electron chi connectivity index (χ1n) is 13.2. The molecule has 238 valence electrons. The minimum atomic E-state index is -4.96. The van der Waals surface area contributed by atoms with Crippen molar-refractivity contribution < 1.29 is 49.1 Å². The van der Waals surface area contributed by atoms with Crippen molar-refractivity contribution >= 4 is 37.7 Å². The van der Waals surface area contributed by atoms with Crippen LogP contribution >= 0.6 is 0 Å². The van der Waals surface area contributed by atoms with Crippen molar-refractivity contribution in [1.82, 2.24) is 9.78 Å². The maximum absolute atomic E-state index is 14.0. The molecule has 45 heavy (non-hydrogen) atoms. The number of ether oxygens (including phenoxy) is 2. The minimum absolute atomic E-state index is 0.0131. The molecule has 0 aliphatic heterocycles. The lowest BCUT2D eigenvalue weighted by atomic mass is 10.2. The second-order valence-corrected chi connectivity index (χ2v) is 13.1. The van der Waals surface area contributed by atoms with Gasteiger partial charge in [-0.1, -0.05) is 0 Å². The fourth-order valence-corrected chi connectivity index (χ4v) is 7.86. The molecule has 0 bridgehead atoms. The third kappa shape index (κ3) is 6.86. The molecule has 0 spiro atoms. The summed E-state index contributed by atoms with van der Waals surface area (Å²) >= 11 is 0. The first-order valence-corrected chi connectivity index (χ1v) is 16.1. The highest BCUT2D eigenvalue weighted by atomic mass is 32.3. The van der Waals surface area contributed by atoms with Crippen LogP contribution in [0.5, 0.6) is 0 Å². The standard InChI is InChI=1S/C29H26F3N3O8S2/c1-4-42-27(36)20-6-14-24(15-7-20)44(38,39)35(45(40,41)25-16-8-21(9-17-25)28(37)43-5-2)23-12-10-22(11-13-23)34-26(29(30,31)32)18-19(3)33-34/h6-18H,4-5H2,1-3H3. The van der Waals surface area contributed by atoms with Crippen LogP contribution < -0.4 is 3.71 Å². The molecule has 0 aliphatic rings. The van der Waals surface area contributed by atoms with E-state index >= 15 is 0 Å². The zero-order valence-corrected chi connectivity index (χ0v) is 25.6. The van der Waals surface area contributed by atoms with Crippen molar-refractivity contribution in [2.45, 2.75) is 36.7 Å². The average Bonchev–Trinajstić information content (AvgIpc) is 3.40. The number of alkyl halides is 3. The number of carbonyl (C=O) groups excluding carboxylic acids is 2. The van der Waals surface area contributed by atoms with Crippen molar-refractivity contribution in [3.05, 3.63) is 101 Å². The Hall–Kier alpha value is -4.70. The average molecular weight is 666 g/mol. The molecule has 4 aromatic rings. The fraction of sp³-hybridized carbons (Fsp3) is 0.207. The maximum atomic E-state index is 14.0. The number of anilines is 1. The molecule has 16 heteroatoms. The zero-order valence-electron chi connectivity index (χ0n) is 24.0. The first kappa shape index (κ1) is 33.2. The molecular weight excluding hydrogens is 639 g/mol. The molecule has 0 fully saturated rings. The van der Waals surface area contributed by atoms with Gasteiger partial charge in [0.1, 0.15) is 5.69 Å². The number of nitrogens with zero attached hydrogens (tertiary/aromatic N) is 3. The molecular formula is C29H26F3N3O8S2. The van der Waals surface area contributed by atoms with Crippen LogP contribution in [-0.2, 0) is 35.7 Å². The summed E-state index contributed by atoms with van der Waals surface area (Å²) in [6, 6.07) is 13.7. The van der Waals surface area contributed by atoms with Crippen molar-refractivity contribution in [3.8, 4) is 5.69 Å². The molecule has 0 aliphatic carbocycles. The molecule has 11 nitrogen and oxygen atoms in total. The highest BCUT2D eigenvalue weighted by Gasteiger charge is 2.38. The molecule has 0 atom stereocenters. The van der Waals surface area contributed by atoms with Gasteiger partial charge in [-0.25, -0.2) is 31.1 Å². The summed E-state index contributed by atoms with van der Waals surface area (Å²) in [6.07, 6.45) is -4.76. The van der Waals surface area contributed by atoms with Gasteiger partial charge in [0.15, 0.2) is 0 Å². The fourth-order valence-electron chi connectivity index (χ4n) is 4.17. The van der Waals surface area contributed by atoms with Gasteiger partial charge < -0.3 is 9.47 Å². The highest BCUT2D eigenvalue weighted by Crippen LogP contribution is 2.34. The number of sulfonamides is 2. The quantitative estimate of drug-likeness (QED) is 0.211. The number of rotatable bonds is 10. The Labute approximate surface area is 256 Å². The number of aromatic nitrogens is 2. The van der Waals surface area contributed by atoms with Gasteiger partial charge in [-0.15, -0.1) is 0 Å². The van der Waals surface area contributed by atoms with Crippen molar-refractivity contribution in [1.29, 1.82) is 0 Å². The van der Waals surface area contributed by atoms with E-state index in [1.807, 2.05) is 0 Å². The molecule has 0 radical (unpaired) electrons. The molecule has 0 saturated heterocycles. The molecule has 1 heterocycles. The van der Waals surface area contributed by atoms with E-state index in [4.69, 9.17) is 9.47 Å². The molecule has 3 aromatic carbocycles. The van der Waals surface area contributed by atoms with Gasteiger partial charge in [0.25, 0.3) is 20.0 Å². The number of aryl methyl sites for hydroxylation is 1. The lowest BCUT2D eigenvalue weighted by Crippen LogP contribution is -2.37. The van der Waals surface area contributed by atoms with E-state index in [0.29, 0.717) is 4.68 Å². The lowest BCUT2D eigenvalue weighted by Gasteiger charge is -2.24. The van der Waals surface area contributed by atoms with E-state index < -0.39 is 59.3 Å². The Morgan fingerprint density at radius 2 is 1.18 bits per heavy atom. The van der Waals surface area contributed by atoms with Crippen LogP contribution in [0.4, 0.5) is 18.9 Å². The number of carbonyl (C=O) groups is 2. The van der Waals surface area contributed by atoms with Crippen LogP contribution in [0, 0.1) is 6.92 Å². The normalized spacial score (nSPS) is 12.0. The van der Waals surface area contributed by atoms with Crippen molar-refractivity contribution in [2.75, 3.05) is 16.9 Å². The zero-order chi connectivity index (χ0) is 33.2. The predicted octanol–water partition coefficient (Wildman–Crippen LogP) is 5.14. The second-order valence-electron chi connectivity index (χ2n) is 9.29. The van der Waals surface area contributed by atoms with Gasteiger partial charge >= 0.3 is 18.1 Å². The Morgan fingerprint density at radius 3 is 1.56 bits per heavy atom. The van der Waals surface area contributed by atoms with Crippen molar-refractivity contribution in [3.63, 3.8) is 0 Å². The summed E-state index contributed by atoms with van der Waals surface area (Å²) in [7, 11) is -9.91. The smallest absolute Gasteiger partial charge is 0.433 e. The molecule has 0 N–H and O–H groups in total. The van der Waals surface area contributed by atoms with Gasteiger partial charge in [-0.3, -0.25) is 0 Å². The number of benzene rings is 3. The third-order valence-corrected chi connectivity index (χ3v) is 10.4. The number of halogens is 3. The van der Waals surface area contributed by atoms with Gasteiger partial charge in [0.2, 0.25) is 0 Å². The highest BCUT2D eigenvalue weighted by molar-refractivity contribution is 8.10. The SMILES string of the molecule is CCOC(=O)c1ccc(S(=O)(=O)N(c2ccc(-n3nc(C)cc3C(F)(F)F)cc2)S(=O)(=O)c2ccc(C(=O)OCC)cc2)cc1. The molecule has 0 unspecified atom stereocenters. The summed E-state index contributed by atoms with van der Waals surface area (Å²) in [5.74, 6) is -1.45. The molecule has 0 saturated carbocycles. The van der Waals surface area contributed by atoms with E-state index in [1.54, 1.807) is 13.8 Å². The number of hydrogen-bond donors (Lipinski definition) is 0. The summed E-state index contributed by atoms with van der Waals surface area (Å²) in [6.45, 7) is 4.67. The third-order valence-electron chi connectivity index (χ3n) is 6.19. The summed E-state index contributed by atoms with van der Waals surface area (Å²) in [4.78, 5) is 23.1. The number of hydrogen-bond acceptors (Lipinski definition) is 9. The summed E-state index contributed by atoms with van der Waals surface area (Å²) < 4.78 is 107. The van der Waals surface area contributed by atoms with Gasteiger partial charge in [0.05, 0.1) is 51.2 Å². The largest absolute Gasteiger partial charge is 0.462 e. The van der Waals surface area contributed by atoms with Gasteiger partial charge in [-0.2, -0.15) is 22.0 Å². The molecule has 1 aromatic heterocycles. The maximum Gasteiger partial charge on any atom is 0.433 e. The van der Waals surface area contributed by atoms with Crippen LogP contribution in [0.1, 0.15) is 46.0 Å². The predicted molar refractivity (Wildman–Crippen MR) is 155 cm³/mol. The van der Waals surface area contributed by atoms with Gasteiger partial charge in [-0.05, 0) is 99.6 Å². The van der Waals surface area contributed by atoms with Crippen LogP contribution in [0.25, 0.3) is 5.69 Å². The second kappa shape index (κ2) is 12.7. The van der Waals surface area contributed by atoms with E-state index in [1.165, 1.54) is 6.92 Å². The van der Waals surface area contributed by atoms with E-state index in [2.05, 4.69) is 5.10 Å². The summed E-state index contributed by atoms with van der Waals surface area (Å²) in [5, 5.41) is 3.86. The first-order chi connectivity index (χ1) is 21.1. The van der Waals surface area contributed by atoms with Crippen molar-refractivity contribution in [2.24, 2.45) is 0 Å². The minimum Gasteiger partial charge on any atom is -0.462 e. The molecule has 0 amide bonds. The number of esters is 2. The molecule has 4 rings (SSSR count). The topological polar surface area (TPSA) is 142 Å². The Kier molecular flexibility index (Phi) is 9.39. The van der Waals surface area contributed by atoms with E-state index in [9.17, 15) is 39.6 Å².